The number of phenolic OH excluding ortho intramolecular Hbond substituents is 1. The van der Waals surface area contributed by atoms with Gasteiger partial charge in [0.15, 0.2) is 0 Å². The monoisotopic (exact) mass is 368 g/mol. The standard InChI is InChI=1S/C21H24N2O4/c1-4-27-21(26)16-12-17-19(22-13(2)23(17)3)20(25)15(16)10-11-18(24)14-8-6-5-7-9-14/h5-9,12,18,24-25H,4,10-11H2,1-3H3. The Kier molecular flexibility index (Phi) is 5.46. The van der Waals surface area contributed by atoms with E-state index in [9.17, 15) is 15.0 Å². The van der Waals surface area contributed by atoms with Gasteiger partial charge in [-0.05, 0) is 38.3 Å². The predicted octanol–water partition coefficient (Wildman–Crippen LogP) is 3.43. The molecule has 0 aliphatic carbocycles. The van der Waals surface area contributed by atoms with Gasteiger partial charge < -0.3 is 19.5 Å². The molecule has 142 valence electrons. The molecule has 0 amide bonds. The molecule has 2 N–H and O–H groups in total. The number of aliphatic hydroxyl groups excluding tert-OH is 1. The van der Waals surface area contributed by atoms with Crippen LogP contribution in [0.15, 0.2) is 36.4 Å². The normalized spacial score (nSPS) is 12.3. The summed E-state index contributed by atoms with van der Waals surface area (Å²) in [7, 11) is 1.83. The number of nitrogens with zero attached hydrogens (tertiary/aromatic N) is 2. The van der Waals surface area contributed by atoms with E-state index in [0.29, 0.717) is 35.0 Å². The molecular formula is C21H24N2O4. The fourth-order valence-electron chi connectivity index (χ4n) is 3.23. The first-order valence-corrected chi connectivity index (χ1v) is 9.02. The zero-order valence-electron chi connectivity index (χ0n) is 15.8. The Balaban J connectivity index is 2.00. The van der Waals surface area contributed by atoms with Gasteiger partial charge in [0.2, 0.25) is 0 Å². The summed E-state index contributed by atoms with van der Waals surface area (Å²) >= 11 is 0. The molecule has 0 aliphatic heterocycles. The molecule has 6 heteroatoms. The van der Waals surface area contributed by atoms with Gasteiger partial charge in [0, 0.05) is 12.6 Å². The predicted molar refractivity (Wildman–Crippen MR) is 103 cm³/mol. The molecular weight excluding hydrogens is 344 g/mol. The number of benzene rings is 2. The lowest BCUT2D eigenvalue weighted by molar-refractivity contribution is 0.0524. The smallest absolute Gasteiger partial charge is 0.338 e. The van der Waals surface area contributed by atoms with E-state index in [2.05, 4.69) is 4.98 Å². The van der Waals surface area contributed by atoms with Gasteiger partial charge in [-0.3, -0.25) is 0 Å². The fourth-order valence-corrected chi connectivity index (χ4v) is 3.23. The molecule has 0 radical (unpaired) electrons. The molecule has 27 heavy (non-hydrogen) atoms. The van der Waals surface area contributed by atoms with E-state index < -0.39 is 12.1 Å². The second-order valence-corrected chi connectivity index (χ2v) is 6.52. The molecule has 0 bridgehead atoms. The van der Waals surface area contributed by atoms with E-state index in [-0.39, 0.29) is 12.4 Å². The maximum atomic E-state index is 12.5. The number of carbonyl (C=O) groups is 1. The Bertz CT molecular complexity index is 963. The van der Waals surface area contributed by atoms with Crippen molar-refractivity contribution in [2.24, 2.45) is 7.05 Å². The van der Waals surface area contributed by atoms with Crippen LogP contribution in [0.4, 0.5) is 0 Å². The Morgan fingerprint density at radius 1 is 1.30 bits per heavy atom. The third kappa shape index (κ3) is 3.66. The molecule has 1 unspecified atom stereocenters. The molecule has 0 aliphatic rings. The highest BCUT2D eigenvalue weighted by atomic mass is 16.5. The minimum absolute atomic E-state index is 0.0282. The van der Waals surface area contributed by atoms with Gasteiger partial charge in [-0.1, -0.05) is 30.3 Å². The minimum Gasteiger partial charge on any atom is -0.505 e. The van der Waals surface area contributed by atoms with Crippen LogP contribution >= 0.6 is 0 Å². The Labute approximate surface area is 158 Å². The molecule has 1 aromatic heterocycles. The van der Waals surface area contributed by atoms with Crippen LogP contribution in [0.1, 0.15) is 46.8 Å². The number of imidazole rings is 1. The van der Waals surface area contributed by atoms with Crippen molar-refractivity contribution in [2.75, 3.05) is 6.61 Å². The molecule has 3 rings (SSSR count). The van der Waals surface area contributed by atoms with Crippen LogP contribution in [0.3, 0.4) is 0 Å². The molecule has 6 nitrogen and oxygen atoms in total. The third-order valence-corrected chi connectivity index (χ3v) is 4.83. The van der Waals surface area contributed by atoms with E-state index in [1.807, 2.05) is 48.9 Å². The second-order valence-electron chi connectivity index (χ2n) is 6.52. The van der Waals surface area contributed by atoms with Gasteiger partial charge in [0.25, 0.3) is 0 Å². The third-order valence-electron chi connectivity index (χ3n) is 4.83. The summed E-state index contributed by atoms with van der Waals surface area (Å²) in [6.45, 7) is 3.82. The largest absolute Gasteiger partial charge is 0.505 e. The molecule has 3 aromatic rings. The molecule has 0 saturated carbocycles. The number of esters is 1. The van der Waals surface area contributed by atoms with Crippen LogP contribution in [-0.2, 0) is 18.2 Å². The Hall–Kier alpha value is -2.86. The molecule has 1 atom stereocenters. The number of rotatable bonds is 6. The summed E-state index contributed by atoms with van der Waals surface area (Å²) in [5.41, 5.74) is 2.68. The maximum Gasteiger partial charge on any atom is 0.338 e. The molecule has 1 heterocycles. The van der Waals surface area contributed by atoms with Crippen molar-refractivity contribution < 1.29 is 19.7 Å². The SMILES string of the molecule is CCOC(=O)c1cc2c(nc(C)n2C)c(O)c1CCC(O)c1ccccc1. The molecule has 0 fully saturated rings. The van der Waals surface area contributed by atoms with E-state index in [1.54, 1.807) is 13.0 Å². The van der Waals surface area contributed by atoms with Gasteiger partial charge in [0.1, 0.15) is 17.1 Å². The number of hydrogen-bond donors (Lipinski definition) is 2. The minimum atomic E-state index is -0.693. The van der Waals surface area contributed by atoms with Crippen molar-refractivity contribution in [3.8, 4) is 5.75 Å². The average Bonchev–Trinajstić information content (AvgIpc) is 2.96. The fraction of sp³-hybridized carbons (Fsp3) is 0.333. The van der Waals surface area contributed by atoms with E-state index in [1.165, 1.54) is 0 Å². The molecule has 2 aromatic carbocycles. The van der Waals surface area contributed by atoms with Gasteiger partial charge in [-0.15, -0.1) is 0 Å². The second kappa shape index (κ2) is 7.80. The number of aryl methyl sites for hydroxylation is 2. The summed E-state index contributed by atoms with van der Waals surface area (Å²) in [5, 5.41) is 21.3. The van der Waals surface area contributed by atoms with Gasteiger partial charge in [-0.2, -0.15) is 0 Å². The molecule has 0 saturated heterocycles. The van der Waals surface area contributed by atoms with E-state index in [4.69, 9.17) is 4.74 Å². The summed E-state index contributed by atoms with van der Waals surface area (Å²) in [4.78, 5) is 16.9. The Morgan fingerprint density at radius 3 is 2.67 bits per heavy atom. The van der Waals surface area contributed by atoms with Gasteiger partial charge in [-0.25, -0.2) is 9.78 Å². The zero-order valence-corrected chi connectivity index (χ0v) is 15.8. The lowest BCUT2D eigenvalue weighted by Gasteiger charge is -2.15. The van der Waals surface area contributed by atoms with Gasteiger partial charge in [0.05, 0.1) is 23.8 Å². The van der Waals surface area contributed by atoms with Crippen molar-refractivity contribution >= 4 is 17.0 Å². The quantitative estimate of drug-likeness (QED) is 0.651. The van der Waals surface area contributed by atoms with E-state index >= 15 is 0 Å². The number of aliphatic hydroxyl groups is 1. The summed E-state index contributed by atoms with van der Waals surface area (Å²) in [6, 6.07) is 11.0. The van der Waals surface area contributed by atoms with Crippen LogP contribution in [0, 0.1) is 6.92 Å². The highest BCUT2D eigenvalue weighted by Crippen LogP contribution is 2.34. The number of aromatic hydroxyl groups is 1. The van der Waals surface area contributed by atoms with Crippen molar-refractivity contribution in [1.82, 2.24) is 9.55 Å². The summed E-state index contributed by atoms with van der Waals surface area (Å²) in [6.07, 6.45) is -0.00933. The van der Waals surface area contributed by atoms with Crippen LogP contribution in [-0.4, -0.2) is 32.3 Å². The van der Waals surface area contributed by atoms with Crippen LogP contribution in [0.2, 0.25) is 0 Å². The first kappa shape index (κ1) is 18.9. The number of aromatic nitrogens is 2. The lowest BCUT2D eigenvalue weighted by Crippen LogP contribution is -2.10. The van der Waals surface area contributed by atoms with Crippen LogP contribution in [0.5, 0.6) is 5.75 Å². The summed E-state index contributed by atoms with van der Waals surface area (Å²) < 4.78 is 6.99. The highest BCUT2D eigenvalue weighted by Gasteiger charge is 2.23. The first-order chi connectivity index (χ1) is 12.9. The Morgan fingerprint density at radius 2 is 2.00 bits per heavy atom. The zero-order chi connectivity index (χ0) is 19.6. The summed E-state index contributed by atoms with van der Waals surface area (Å²) in [5.74, 6) is 0.217. The highest BCUT2D eigenvalue weighted by molar-refractivity contribution is 5.98. The number of hydrogen-bond acceptors (Lipinski definition) is 5. The lowest BCUT2D eigenvalue weighted by atomic mass is 9.96. The van der Waals surface area contributed by atoms with Crippen molar-refractivity contribution in [2.45, 2.75) is 32.8 Å². The van der Waals surface area contributed by atoms with Crippen molar-refractivity contribution in [3.05, 3.63) is 58.9 Å². The van der Waals surface area contributed by atoms with Crippen LogP contribution in [0.25, 0.3) is 11.0 Å². The number of phenols is 1. The maximum absolute atomic E-state index is 12.5. The average molecular weight is 368 g/mol. The topological polar surface area (TPSA) is 84.6 Å². The number of carbonyl (C=O) groups excluding carboxylic acids is 1. The number of fused-ring (bicyclic) bond motifs is 1. The van der Waals surface area contributed by atoms with Crippen molar-refractivity contribution in [3.63, 3.8) is 0 Å². The van der Waals surface area contributed by atoms with E-state index in [0.717, 1.165) is 11.4 Å². The number of ether oxygens (including phenoxy) is 1. The first-order valence-electron chi connectivity index (χ1n) is 9.02. The molecule has 0 spiro atoms. The van der Waals surface area contributed by atoms with Gasteiger partial charge >= 0.3 is 5.97 Å². The van der Waals surface area contributed by atoms with Crippen LogP contribution < -0.4 is 0 Å². The van der Waals surface area contributed by atoms with Crippen molar-refractivity contribution in [1.29, 1.82) is 0 Å².